The van der Waals surface area contributed by atoms with Gasteiger partial charge in [0.2, 0.25) is 11.4 Å². The molecule has 0 spiro atoms. The van der Waals surface area contributed by atoms with Crippen LogP contribution < -0.4 is 0 Å². The quantitative estimate of drug-likeness (QED) is 0.184. The Morgan fingerprint density at radius 2 is 1.68 bits per heavy atom. The lowest BCUT2D eigenvalue weighted by Crippen LogP contribution is -2.73. The third-order valence-corrected chi connectivity index (χ3v) is 11.9. The predicted octanol–water partition coefficient (Wildman–Crippen LogP) is 3.54. The first-order valence-electron chi connectivity index (χ1n) is 11.2. The number of ether oxygens (including phenoxy) is 2. The van der Waals surface area contributed by atoms with Crippen LogP contribution in [0.15, 0.2) is 12.7 Å². The van der Waals surface area contributed by atoms with Crippen molar-refractivity contribution in [3.8, 4) is 0 Å². The van der Waals surface area contributed by atoms with E-state index in [1.54, 1.807) is 19.9 Å². The van der Waals surface area contributed by atoms with Gasteiger partial charge in [-0.2, -0.15) is 0 Å². The normalized spacial score (nSPS) is 28.4. The van der Waals surface area contributed by atoms with Crippen LogP contribution in [0, 0.1) is 17.8 Å². The fourth-order valence-corrected chi connectivity index (χ4v) is 6.30. The van der Waals surface area contributed by atoms with E-state index in [-0.39, 0.29) is 42.2 Å². The van der Waals surface area contributed by atoms with Gasteiger partial charge in [-0.1, -0.05) is 33.8 Å². The molecule has 31 heavy (non-hydrogen) atoms. The Balaban J connectivity index is 2.48. The van der Waals surface area contributed by atoms with Gasteiger partial charge in [0.15, 0.2) is 8.32 Å². The van der Waals surface area contributed by atoms with Crippen molar-refractivity contribution in [1.29, 1.82) is 0 Å². The topological polar surface area (TPSA) is 82.1 Å². The molecule has 7 nitrogen and oxygen atoms in total. The monoisotopic (exact) mass is 453 g/mol. The van der Waals surface area contributed by atoms with Crippen molar-refractivity contribution in [2.75, 3.05) is 13.2 Å². The Labute approximate surface area is 187 Å². The van der Waals surface area contributed by atoms with Gasteiger partial charge in [0.1, 0.15) is 0 Å². The lowest BCUT2D eigenvalue weighted by Gasteiger charge is -2.52. The van der Waals surface area contributed by atoms with Gasteiger partial charge in [-0.25, -0.2) is 9.59 Å². The predicted molar refractivity (Wildman–Crippen MR) is 121 cm³/mol. The SMILES string of the molecule is C=CC1[C@H](C)[C@@H]2[C@@H]([C@@H](C)O[Si](C)(C)C(C)(C)C)C(=O)N2C1(C(=O)OCC)C(=O)OCC. The largest absolute Gasteiger partial charge is 0.464 e. The number of fused-ring (bicyclic) bond motifs is 1. The summed E-state index contributed by atoms with van der Waals surface area (Å²) in [7, 11) is -2.11. The van der Waals surface area contributed by atoms with E-state index in [0.717, 1.165) is 0 Å². The molecule has 0 aliphatic carbocycles. The third-order valence-electron chi connectivity index (χ3n) is 7.38. The molecule has 0 radical (unpaired) electrons. The van der Waals surface area contributed by atoms with Crippen molar-refractivity contribution in [3.05, 3.63) is 12.7 Å². The Morgan fingerprint density at radius 1 is 1.19 bits per heavy atom. The molecule has 0 N–H and O–H groups in total. The summed E-state index contributed by atoms with van der Waals surface area (Å²) >= 11 is 0. The van der Waals surface area contributed by atoms with Gasteiger partial charge < -0.3 is 18.8 Å². The minimum atomic E-state index is -2.11. The van der Waals surface area contributed by atoms with E-state index < -0.39 is 37.6 Å². The zero-order chi connectivity index (χ0) is 23.9. The first kappa shape index (κ1) is 25.6. The smallest absolute Gasteiger partial charge is 0.344 e. The van der Waals surface area contributed by atoms with Crippen LogP contribution in [0.1, 0.15) is 48.5 Å². The highest BCUT2D eigenvalue weighted by Gasteiger charge is 2.76. The molecule has 2 saturated heterocycles. The molecule has 0 bridgehead atoms. The molecule has 2 aliphatic rings. The van der Waals surface area contributed by atoms with Crippen LogP contribution in [0.5, 0.6) is 0 Å². The summed E-state index contributed by atoms with van der Waals surface area (Å²) in [4.78, 5) is 41.2. The van der Waals surface area contributed by atoms with Crippen LogP contribution >= 0.6 is 0 Å². The van der Waals surface area contributed by atoms with E-state index in [4.69, 9.17) is 13.9 Å². The van der Waals surface area contributed by atoms with Crippen LogP contribution in [0.4, 0.5) is 0 Å². The summed E-state index contributed by atoms with van der Waals surface area (Å²) in [5.41, 5.74) is -1.83. The Morgan fingerprint density at radius 3 is 2.06 bits per heavy atom. The molecule has 2 heterocycles. The fraction of sp³-hybridized carbons (Fsp3) is 0.783. The minimum Gasteiger partial charge on any atom is -0.464 e. The van der Waals surface area contributed by atoms with E-state index in [2.05, 4.69) is 40.4 Å². The lowest BCUT2D eigenvalue weighted by molar-refractivity contribution is -0.193. The zero-order valence-electron chi connectivity index (χ0n) is 20.5. The molecular weight excluding hydrogens is 414 g/mol. The van der Waals surface area contributed by atoms with Crippen LogP contribution in [-0.4, -0.2) is 62.0 Å². The van der Waals surface area contributed by atoms with Gasteiger partial charge in [0.05, 0.1) is 31.3 Å². The number of hydrogen-bond donors (Lipinski definition) is 0. The van der Waals surface area contributed by atoms with Crippen molar-refractivity contribution in [3.63, 3.8) is 0 Å². The summed E-state index contributed by atoms with van der Waals surface area (Å²) < 4.78 is 17.1. The molecule has 2 rings (SSSR count). The summed E-state index contributed by atoms with van der Waals surface area (Å²) in [6.45, 7) is 22.0. The lowest BCUT2D eigenvalue weighted by atomic mass is 9.77. The van der Waals surface area contributed by atoms with Gasteiger partial charge in [0.25, 0.3) is 0 Å². The summed E-state index contributed by atoms with van der Waals surface area (Å²) in [6.07, 6.45) is 1.25. The number of β-lactam (4-membered cyclic amide) rings is 1. The number of hydrogen-bond acceptors (Lipinski definition) is 6. The molecule has 1 amide bonds. The van der Waals surface area contributed by atoms with Crippen LogP contribution in [0.3, 0.4) is 0 Å². The second-order valence-corrected chi connectivity index (χ2v) is 14.9. The number of rotatable bonds is 8. The van der Waals surface area contributed by atoms with Crippen LogP contribution in [0.2, 0.25) is 18.1 Å². The first-order chi connectivity index (χ1) is 14.2. The van der Waals surface area contributed by atoms with Gasteiger partial charge >= 0.3 is 11.9 Å². The molecule has 1 unspecified atom stereocenters. The molecule has 2 aliphatic heterocycles. The van der Waals surface area contributed by atoms with Crippen molar-refractivity contribution in [2.24, 2.45) is 17.8 Å². The highest BCUT2D eigenvalue weighted by molar-refractivity contribution is 6.74. The number of carbonyl (C=O) groups excluding carboxylic acids is 3. The molecule has 0 aromatic heterocycles. The number of amides is 1. The second-order valence-electron chi connectivity index (χ2n) is 10.1. The van der Waals surface area contributed by atoms with Crippen molar-refractivity contribution >= 4 is 26.2 Å². The van der Waals surface area contributed by atoms with Gasteiger partial charge in [0, 0.05) is 5.92 Å². The zero-order valence-corrected chi connectivity index (χ0v) is 21.5. The maximum absolute atomic E-state index is 13.5. The molecule has 0 aromatic rings. The maximum atomic E-state index is 13.5. The molecule has 0 saturated carbocycles. The Kier molecular flexibility index (Phi) is 7.18. The molecule has 5 atom stereocenters. The molecule has 176 valence electrons. The third kappa shape index (κ3) is 3.75. The molecule has 2 fully saturated rings. The van der Waals surface area contributed by atoms with Crippen molar-refractivity contribution in [2.45, 2.75) is 84.3 Å². The highest BCUT2D eigenvalue weighted by atomic mass is 28.4. The van der Waals surface area contributed by atoms with E-state index in [9.17, 15) is 14.4 Å². The minimum absolute atomic E-state index is 0.00168. The van der Waals surface area contributed by atoms with Gasteiger partial charge in [-0.05, 0) is 44.8 Å². The van der Waals surface area contributed by atoms with Crippen molar-refractivity contribution < 1.29 is 28.3 Å². The van der Waals surface area contributed by atoms with E-state index in [1.807, 2.05) is 13.8 Å². The van der Waals surface area contributed by atoms with E-state index in [0.29, 0.717) is 0 Å². The molecule has 8 heteroatoms. The average molecular weight is 454 g/mol. The second kappa shape index (κ2) is 8.69. The van der Waals surface area contributed by atoms with Gasteiger partial charge in [-0.3, -0.25) is 4.79 Å². The van der Waals surface area contributed by atoms with Crippen LogP contribution in [-0.2, 0) is 28.3 Å². The van der Waals surface area contributed by atoms with E-state index in [1.165, 1.54) is 4.90 Å². The fourth-order valence-electron chi connectivity index (χ4n) is 4.87. The Hall–Kier alpha value is -1.67. The summed E-state index contributed by atoms with van der Waals surface area (Å²) in [6, 6.07) is -0.330. The Bertz CT molecular complexity index is 725. The van der Waals surface area contributed by atoms with Gasteiger partial charge in [-0.15, -0.1) is 6.58 Å². The standard InChI is InChI=1S/C23H39NO6Si/c1-11-16-14(4)18-17(15(5)30-31(9,10)22(6,7)8)19(25)24(18)23(16,20(26)28-12-2)21(27)29-13-3/h11,14-18H,1,12-13H2,2-10H3/t14-,15+,16?,17+,18+/m0/s1. The summed E-state index contributed by atoms with van der Waals surface area (Å²) in [5.74, 6) is -3.00. The highest BCUT2D eigenvalue weighted by Crippen LogP contribution is 2.55. The molecular formula is C23H39NO6Si. The molecule has 0 aromatic carbocycles. The average Bonchev–Trinajstić information content (AvgIpc) is 2.86. The number of esters is 2. The maximum Gasteiger partial charge on any atom is 0.344 e. The summed E-state index contributed by atoms with van der Waals surface area (Å²) in [5, 5.41) is -0.00168. The number of nitrogens with zero attached hydrogens (tertiary/aromatic N) is 1. The number of carbonyl (C=O) groups is 3. The van der Waals surface area contributed by atoms with Crippen molar-refractivity contribution in [1.82, 2.24) is 4.90 Å². The van der Waals surface area contributed by atoms with Crippen LogP contribution in [0.25, 0.3) is 0 Å². The first-order valence-corrected chi connectivity index (χ1v) is 14.1. The van der Waals surface area contributed by atoms with E-state index >= 15 is 0 Å².